The fraction of sp³-hybridized carbons (Fsp3) is 0.667. The molecule has 0 aromatic carbocycles. The number of carboxylic acid groups (broad SMARTS) is 1. The number of carboxylic acids is 1. The van der Waals surface area contributed by atoms with E-state index < -0.39 is 24.1 Å². The lowest BCUT2D eigenvalue weighted by atomic mass is 10.2. The molecule has 6 nitrogen and oxygen atoms in total. The van der Waals surface area contributed by atoms with Gasteiger partial charge in [-0.25, -0.2) is 9.59 Å². The Labute approximate surface area is 68.6 Å². The molecule has 6 heteroatoms. The molecule has 2 atom stereocenters. The predicted molar refractivity (Wildman–Crippen MR) is 38.3 cm³/mol. The zero-order valence-electron chi connectivity index (χ0n) is 6.30. The van der Waals surface area contributed by atoms with Crippen LogP contribution in [0.15, 0.2) is 0 Å². The molecule has 0 spiro atoms. The lowest BCUT2D eigenvalue weighted by molar-refractivity contribution is -0.143. The number of likely N-dealkylation sites (tertiary alicyclic amines) is 1. The Hall–Kier alpha value is -1.30. The molecule has 4 N–H and O–H groups in total. The average molecular weight is 174 g/mol. The van der Waals surface area contributed by atoms with Gasteiger partial charge in [0.2, 0.25) is 0 Å². The summed E-state index contributed by atoms with van der Waals surface area (Å²) in [6, 6.07) is -1.98. The zero-order chi connectivity index (χ0) is 9.30. The van der Waals surface area contributed by atoms with Gasteiger partial charge in [0.05, 0.1) is 6.10 Å². The molecule has 1 rings (SSSR count). The molecular formula is C6H10N2O4. The van der Waals surface area contributed by atoms with Crippen molar-refractivity contribution in [3.63, 3.8) is 0 Å². The van der Waals surface area contributed by atoms with Crippen LogP contribution in [0.4, 0.5) is 4.79 Å². The van der Waals surface area contributed by atoms with Crippen LogP contribution in [-0.4, -0.2) is 45.8 Å². The number of aliphatic carboxylic acids is 1. The fourth-order valence-corrected chi connectivity index (χ4v) is 1.32. The van der Waals surface area contributed by atoms with Gasteiger partial charge in [0.15, 0.2) is 6.04 Å². The maximum Gasteiger partial charge on any atom is 0.329 e. The monoisotopic (exact) mass is 174 g/mol. The van der Waals surface area contributed by atoms with Crippen LogP contribution in [0.5, 0.6) is 0 Å². The van der Waals surface area contributed by atoms with Crippen LogP contribution in [0, 0.1) is 0 Å². The van der Waals surface area contributed by atoms with Gasteiger partial charge >= 0.3 is 12.0 Å². The van der Waals surface area contributed by atoms with E-state index in [1.807, 2.05) is 0 Å². The van der Waals surface area contributed by atoms with Crippen molar-refractivity contribution in [1.29, 1.82) is 0 Å². The van der Waals surface area contributed by atoms with E-state index in [2.05, 4.69) is 0 Å². The van der Waals surface area contributed by atoms with Gasteiger partial charge in [0, 0.05) is 6.54 Å². The molecule has 68 valence electrons. The van der Waals surface area contributed by atoms with E-state index >= 15 is 0 Å². The number of urea groups is 1. The largest absolute Gasteiger partial charge is 0.480 e. The number of nitrogens with zero attached hydrogens (tertiary/aromatic N) is 1. The Balaban J connectivity index is 2.77. The lowest BCUT2D eigenvalue weighted by Crippen LogP contribution is -2.47. The van der Waals surface area contributed by atoms with Gasteiger partial charge < -0.3 is 20.8 Å². The van der Waals surface area contributed by atoms with E-state index in [1.54, 1.807) is 0 Å². The topological polar surface area (TPSA) is 104 Å². The number of carbonyl (C=O) groups excluding carboxylic acids is 1. The Morgan fingerprint density at radius 3 is 2.42 bits per heavy atom. The Morgan fingerprint density at radius 2 is 2.08 bits per heavy atom. The van der Waals surface area contributed by atoms with Gasteiger partial charge in [-0.3, -0.25) is 0 Å². The van der Waals surface area contributed by atoms with Crippen molar-refractivity contribution < 1.29 is 19.8 Å². The maximum absolute atomic E-state index is 10.6. The fourth-order valence-electron chi connectivity index (χ4n) is 1.32. The highest BCUT2D eigenvalue weighted by atomic mass is 16.4. The molecule has 0 aliphatic carbocycles. The van der Waals surface area contributed by atoms with Crippen molar-refractivity contribution >= 4 is 12.0 Å². The molecule has 1 aliphatic heterocycles. The Morgan fingerprint density at radius 1 is 1.50 bits per heavy atom. The van der Waals surface area contributed by atoms with Crippen LogP contribution in [0.3, 0.4) is 0 Å². The third-order valence-electron chi connectivity index (χ3n) is 1.90. The van der Waals surface area contributed by atoms with E-state index in [9.17, 15) is 9.59 Å². The van der Waals surface area contributed by atoms with Gasteiger partial charge in [-0.2, -0.15) is 0 Å². The van der Waals surface area contributed by atoms with Crippen molar-refractivity contribution in [2.24, 2.45) is 5.73 Å². The van der Waals surface area contributed by atoms with Crippen LogP contribution < -0.4 is 5.73 Å². The highest BCUT2D eigenvalue weighted by molar-refractivity contribution is 5.83. The first-order valence-corrected chi connectivity index (χ1v) is 3.51. The van der Waals surface area contributed by atoms with Gasteiger partial charge in [0.25, 0.3) is 0 Å². The molecular weight excluding hydrogens is 164 g/mol. The van der Waals surface area contributed by atoms with Crippen LogP contribution in [0.1, 0.15) is 6.42 Å². The minimum Gasteiger partial charge on any atom is -0.480 e. The summed E-state index contributed by atoms with van der Waals surface area (Å²) in [7, 11) is 0. The summed E-state index contributed by atoms with van der Waals surface area (Å²) in [6.07, 6.45) is -0.741. The van der Waals surface area contributed by atoms with E-state index in [-0.39, 0.29) is 13.0 Å². The molecule has 0 bridgehead atoms. The SMILES string of the molecule is NC(=O)N1CC[C@H](O)[C@@H]1C(=O)O. The zero-order valence-corrected chi connectivity index (χ0v) is 6.30. The van der Waals surface area contributed by atoms with Crippen LogP contribution in [0.25, 0.3) is 0 Å². The van der Waals surface area contributed by atoms with Crippen LogP contribution in [0.2, 0.25) is 0 Å². The third-order valence-corrected chi connectivity index (χ3v) is 1.90. The lowest BCUT2D eigenvalue weighted by Gasteiger charge is -2.19. The minimum absolute atomic E-state index is 0.202. The number of hydrogen-bond acceptors (Lipinski definition) is 3. The third kappa shape index (κ3) is 1.33. The molecule has 0 aromatic heterocycles. The predicted octanol–water partition coefficient (Wildman–Crippen LogP) is -1.42. The summed E-state index contributed by atoms with van der Waals surface area (Å²) >= 11 is 0. The standard InChI is InChI=1S/C6H10N2O4/c7-6(12)8-2-1-3(9)4(8)5(10)11/h3-4,9H,1-2H2,(H2,7,12)(H,10,11)/t3-,4+/m0/s1. The van der Waals surface area contributed by atoms with E-state index in [0.717, 1.165) is 4.90 Å². The first kappa shape index (κ1) is 8.79. The molecule has 1 fully saturated rings. The molecule has 0 radical (unpaired) electrons. The minimum atomic E-state index is -1.22. The highest BCUT2D eigenvalue weighted by Gasteiger charge is 2.40. The number of carbonyl (C=O) groups is 2. The van der Waals surface area contributed by atoms with Crippen molar-refractivity contribution in [2.45, 2.75) is 18.6 Å². The second-order valence-corrected chi connectivity index (χ2v) is 2.67. The molecule has 2 amide bonds. The summed E-state index contributed by atoms with van der Waals surface area (Å²) in [4.78, 5) is 22.1. The summed E-state index contributed by atoms with van der Waals surface area (Å²) in [6.45, 7) is 0.202. The Bertz CT molecular complexity index is 218. The van der Waals surface area contributed by atoms with Gasteiger partial charge in [-0.15, -0.1) is 0 Å². The molecule has 0 unspecified atom stereocenters. The van der Waals surface area contributed by atoms with Gasteiger partial charge in [0.1, 0.15) is 0 Å². The maximum atomic E-state index is 10.6. The van der Waals surface area contributed by atoms with Crippen molar-refractivity contribution in [3.8, 4) is 0 Å². The molecule has 0 saturated carbocycles. The summed E-state index contributed by atoms with van der Waals surface area (Å²) < 4.78 is 0. The molecule has 12 heavy (non-hydrogen) atoms. The number of amides is 2. The normalized spacial score (nSPS) is 28.9. The number of hydrogen-bond donors (Lipinski definition) is 3. The first-order chi connectivity index (χ1) is 5.54. The van der Waals surface area contributed by atoms with Gasteiger partial charge in [-0.05, 0) is 6.42 Å². The first-order valence-electron chi connectivity index (χ1n) is 3.51. The number of aliphatic hydroxyl groups is 1. The summed E-state index contributed by atoms with van der Waals surface area (Å²) in [5, 5.41) is 17.7. The number of nitrogens with two attached hydrogens (primary N) is 1. The van der Waals surface area contributed by atoms with E-state index in [4.69, 9.17) is 15.9 Å². The van der Waals surface area contributed by atoms with Crippen molar-refractivity contribution in [2.75, 3.05) is 6.54 Å². The van der Waals surface area contributed by atoms with Crippen LogP contribution >= 0.6 is 0 Å². The van der Waals surface area contributed by atoms with Crippen molar-refractivity contribution in [1.82, 2.24) is 4.90 Å². The second kappa shape index (κ2) is 2.98. The molecule has 1 saturated heterocycles. The number of rotatable bonds is 1. The van der Waals surface area contributed by atoms with E-state index in [1.165, 1.54) is 0 Å². The highest BCUT2D eigenvalue weighted by Crippen LogP contribution is 2.17. The van der Waals surface area contributed by atoms with Crippen molar-refractivity contribution in [3.05, 3.63) is 0 Å². The van der Waals surface area contributed by atoms with Gasteiger partial charge in [-0.1, -0.05) is 0 Å². The molecule has 1 heterocycles. The molecule has 1 aliphatic rings. The summed E-state index contributed by atoms with van der Waals surface area (Å²) in [5.41, 5.74) is 4.90. The number of aliphatic hydroxyl groups excluding tert-OH is 1. The smallest absolute Gasteiger partial charge is 0.329 e. The second-order valence-electron chi connectivity index (χ2n) is 2.67. The average Bonchev–Trinajstić information content (AvgIpc) is 2.30. The number of primary amides is 1. The quantitative estimate of drug-likeness (QED) is 0.454. The van der Waals surface area contributed by atoms with Crippen LogP contribution in [-0.2, 0) is 4.79 Å². The summed E-state index contributed by atoms with van der Waals surface area (Å²) in [5.74, 6) is -1.22. The van der Waals surface area contributed by atoms with E-state index in [0.29, 0.717) is 0 Å². The Kier molecular flexibility index (Phi) is 2.18. The molecule has 0 aromatic rings.